The third-order valence-corrected chi connectivity index (χ3v) is 10.7. The predicted octanol–water partition coefficient (Wildman–Crippen LogP) is 4.24. The van der Waals surface area contributed by atoms with Crippen molar-refractivity contribution in [2.75, 3.05) is 6.61 Å². The maximum absolute atomic E-state index is 13.8. The maximum Gasteiger partial charge on any atom is 0.335 e. The molecule has 34 heavy (non-hydrogen) atoms. The van der Waals surface area contributed by atoms with Gasteiger partial charge in [-0.25, -0.2) is 9.18 Å². The van der Waals surface area contributed by atoms with Crippen molar-refractivity contribution in [3.05, 3.63) is 95.8 Å². The molecule has 3 rings (SSSR count). The fourth-order valence-corrected chi connectivity index (χ4v) is 8.70. The molecule has 0 aliphatic heterocycles. The van der Waals surface area contributed by atoms with Gasteiger partial charge in [0.1, 0.15) is 5.82 Å². The van der Waals surface area contributed by atoms with Gasteiger partial charge in [-0.3, -0.25) is 0 Å². The van der Waals surface area contributed by atoms with Gasteiger partial charge in [0, 0.05) is 0 Å². The number of halogens is 1. The van der Waals surface area contributed by atoms with E-state index in [0.717, 1.165) is 16.4 Å². The molecule has 176 valence electrons. The van der Waals surface area contributed by atoms with Crippen LogP contribution in [0.15, 0.2) is 78.9 Å². The van der Waals surface area contributed by atoms with Crippen LogP contribution in [0.1, 0.15) is 31.9 Å². The largest absolute Gasteiger partial charge is 0.479 e. The van der Waals surface area contributed by atoms with Gasteiger partial charge in [0.05, 0.1) is 24.8 Å². The highest BCUT2D eigenvalue weighted by molar-refractivity contribution is 6.99. The van der Waals surface area contributed by atoms with E-state index in [2.05, 4.69) is 20.8 Å². The fourth-order valence-electron chi connectivity index (χ4n) is 4.15. The quantitative estimate of drug-likeness (QED) is 0.466. The Hall–Kier alpha value is -3.31. The zero-order valence-corrected chi connectivity index (χ0v) is 20.5. The second kappa shape index (κ2) is 10.7. The molecule has 0 saturated heterocycles. The van der Waals surface area contributed by atoms with E-state index in [1.165, 1.54) is 12.1 Å². The van der Waals surface area contributed by atoms with Gasteiger partial charge in [-0.05, 0) is 39.2 Å². The monoisotopic (exact) mass is 477 g/mol. The Morgan fingerprint density at radius 3 is 2.06 bits per heavy atom. The van der Waals surface area contributed by atoms with Crippen molar-refractivity contribution >= 4 is 24.7 Å². The molecule has 0 unspecified atom stereocenters. The summed E-state index contributed by atoms with van der Waals surface area (Å²) in [7, 11) is -2.94. The van der Waals surface area contributed by atoms with Gasteiger partial charge in [-0.15, -0.1) is 0 Å². The number of carboxylic acids is 1. The van der Waals surface area contributed by atoms with Crippen LogP contribution in [0.3, 0.4) is 0 Å². The third kappa shape index (κ3) is 5.60. The molecule has 3 aromatic carbocycles. The van der Waals surface area contributed by atoms with Crippen LogP contribution in [0.25, 0.3) is 0 Å². The number of nitrogens with zero attached hydrogens (tertiary/aromatic N) is 1. The Morgan fingerprint density at radius 2 is 1.59 bits per heavy atom. The summed E-state index contributed by atoms with van der Waals surface area (Å²) in [5, 5.41) is 20.6. The Labute approximate surface area is 200 Å². The number of hydrogen-bond donors (Lipinski definition) is 1. The summed E-state index contributed by atoms with van der Waals surface area (Å²) in [4.78, 5) is 12.0. The van der Waals surface area contributed by atoms with Crippen LogP contribution in [0.2, 0.25) is 5.04 Å². The molecule has 0 spiro atoms. The van der Waals surface area contributed by atoms with Gasteiger partial charge in [0.2, 0.25) is 0 Å². The van der Waals surface area contributed by atoms with Crippen LogP contribution < -0.4 is 10.4 Å². The lowest BCUT2D eigenvalue weighted by Gasteiger charge is -2.43. The Balaban J connectivity index is 1.92. The fraction of sp³-hybridized carbons (Fsp3) is 0.259. The van der Waals surface area contributed by atoms with Crippen molar-refractivity contribution in [1.82, 2.24) is 0 Å². The first-order chi connectivity index (χ1) is 16.2. The second-order valence-corrected chi connectivity index (χ2v) is 13.4. The Kier molecular flexibility index (Phi) is 8.00. The average Bonchev–Trinajstić information content (AvgIpc) is 2.81. The standard InChI is InChI=1S/C27H28FNO4Si/c1-27(2,3)34(23-10-6-4-7-11-23,24-12-8-5-9-13-24)33-19-25(26(30)31)32-18-21-14-20(17-29)15-22(28)16-21/h4-16,25H,18-19H2,1-3H3,(H,30,31)/t25-/m0/s1. The van der Waals surface area contributed by atoms with E-state index in [0.29, 0.717) is 5.56 Å². The molecule has 0 saturated carbocycles. The molecule has 0 fully saturated rings. The van der Waals surface area contributed by atoms with Gasteiger partial charge in [0.15, 0.2) is 6.10 Å². The molecule has 3 aromatic rings. The van der Waals surface area contributed by atoms with E-state index in [1.54, 1.807) is 0 Å². The van der Waals surface area contributed by atoms with Crippen LogP contribution in [0.5, 0.6) is 0 Å². The number of nitriles is 1. The van der Waals surface area contributed by atoms with Crippen LogP contribution in [0, 0.1) is 17.1 Å². The average molecular weight is 478 g/mol. The molecule has 0 aliphatic carbocycles. The minimum atomic E-state index is -2.94. The molecule has 0 amide bonds. The minimum absolute atomic E-state index is 0.147. The Morgan fingerprint density at radius 1 is 1.03 bits per heavy atom. The summed E-state index contributed by atoms with van der Waals surface area (Å²) in [5.74, 6) is -1.75. The molecular weight excluding hydrogens is 449 g/mol. The lowest BCUT2D eigenvalue weighted by Crippen LogP contribution is -2.67. The van der Waals surface area contributed by atoms with E-state index in [1.807, 2.05) is 66.7 Å². The van der Waals surface area contributed by atoms with Crippen molar-refractivity contribution in [3.63, 3.8) is 0 Å². The number of ether oxygens (including phenoxy) is 1. The highest BCUT2D eigenvalue weighted by atomic mass is 28.4. The molecule has 0 aromatic heterocycles. The molecule has 0 aliphatic rings. The van der Waals surface area contributed by atoms with Crippen molar-refractivity contribution in [2.45, 2.75) is 38.5 Å². The number of benzene rings is 3. The molecule has 0 radical (unpaired) electrons. The second-order valence-electron chi connectivity index (χ2n) is 9.07. The summed E-state index contributed by atoms with van der Waals surface area (Å²) in [6.07, 6.45) is -1.27. The predicted molar refractivity (Wildman–Crippen MR) is 131 cm³/mol. The summed E-state index contributed by atoms with van der Waals surface area (Å²) >= 11 is 0. The van der Waals surface area contributed by atoms with Crippen molar-refractivity contribution in [2.24, 2.45) is 0 Å². The van der Waals surface area contributed by atoms with Gasteiger partial charge in [-0.1, -0.05) is 81.4 Å². The van der Waals surface area contributed by atoms with Crippen LogP contribution in [-0.4, -0.2) is 32.1 Å². The molecule has 0 heterocycles. The number of carboxylic acid groups (broad SMARTS) is 1. The van der Waals surface area contributed by atoms with E-state index in [9.17, 15) is 14.3 Å². The lowest BCUT2D eigenvalue weighted by atomic mass is 10.1. The van der Waals surface area contributed by atoms with Gasteiger partial charge >= 0.3 is 5.97 Å². The summed E-state index contributed by atoms with van der Waals surface area (Å²) in [6.45, 7) is 5.97. The van der Waals surface area contributed by atoms with Crippen molar-refractivity contribution in [3.8, 4) is 6.07 Å². The number of carbonyl (C=O) groups is 1. The number of aliphatic carboxylic acids is 1. The highest BCUT2D eigenvalue weighted by Gasteiger charge is 2.50. The number of hydrogen-bond acceptors (Lipinski definition) is 4. The third-order valence-electron chi connectivity index (χ3n) is 5.68. The molecule has 7 heteroatoms. The molecular formula is C27H28FNO4Si. The smallest absolute Gasteiger partial charge is 0.335 e. The molecule has 5 nitrogen and oxygen atoms in total. The molecule has 0 bridgehead atoms. The van der Waals surface area contributed by atoms with Crippen LogP contribution in [0.4, 0.5) is 4.39 Å². The maximum atomic E-state index is 13.8. The summed E-state index contributed by atoms with van der Waals surface area (Å²) < 4.78 is 26.1. The van der Waals surface area contributed by atoms with Gasteiger partial charge < -0.3 is 14.3 Å². The topological polar surface area (TPSA) is 79.5 Å². The summed E-state index contributed by atoms with van der Waals surface area (Å²) in [6, 6.07) is 25.5. The first-order valence-corrected chi connectivity index (χ1v) is 12.9. The normalized spacial score (nSPS) is 12.7. The minimum Gasteiger partial charge on any atom is -0.479 e. The first kappa shape index (κ1) is 25.3. The van der Waals surface area contributed by atoms with Crippen molar-refractivity contribution in [1.29, 1.82) is 5.26 Å². The zero-order chi connectivity index (χ0) is 24.8. The van der Waals surface area contributed by atoms with Crippen LogP contribution in [-0.2, 0) is 20.6 Å². The molecule has 1 atom stereocenters. The van der Waals surface area contributed by atoms with Gasteiger partial charge in [0.25, 0.3) is 8.32 Å². The highest BCUT2D eigenvalue weighted by Crippen LogP contribution is 2.36. The first-order valence-electron chi connectivity index (χ1n) is 11.0. The van der Waals surface area contributed by atoms with Crippen molar-refractivity contribution < 1.29 is 23.5 Å². The van der Waals surface area contributed by atoms with E-state index in [-0.39, 0.29) is 23.8 Å². The van der Waals surface area contributed by atoms with E-state index >= 15 is 0 Å². The van der Waals surface area contributed by atoms with Crippen LogP contribution >= 0.6 is 0 Å². The SMILES string of the molecule is CC(C)(C)[Si](OC[C@H](OCc1cc(F)cc(C#N)c1)C(=O)O)(c1ccccc1)c1ccccc1. The van der Waals surface area contributed by atoms with E-state index in [4.69, 9.17) is 14.4 Å². The Bertz CT molecular complexity index is 1120. The van der Waals surface area contributed by atoms with Gasteiger partial charge in [-0.2, -0.15) is 5.26 Å². The summed E-state index contributed by atoms with van der Waals surface area (Å²) in [5.41, 5.74) is 0.530. The lowest BCUT2D eigenvalue weighted by molar-refractivity contribution is -0.153. The van der Waals surface area contributed by atoms with E-state index < -0.39 is 26.2 Å². The molecule has 1 N–H and O–H groups in total. The number of rotatable bonds is 9. The zero-order valence-electron chi connectivity index (χ0n) is 19.5.